The highest BCUT2D eigenvalue weighted by molar-refractivity contribution is 5.89. The average molecular weight is 314 g/mol. The minimum absolute atomic E-state index is 0.190. The molecule has 4 rings (SSSR count). The van der Waals surface area contributed by atoms with Crippen LogP contribution in [0.2, 0.25) is 0 Å². The van der Waals surface area contributed by atoms with Crippen molar-refractivity contribution in [3.63, 3.8) is 0 Å². The zero-order valence-corrected chi connectivity index (χ0v) is 14.7. The molecule has 0 aliphatic heterocycles. The summed E-state index contributed by atoms with van der Waals surface area (Å²) in [5.41, 5.74) is 3.15. The molecule has 126 valence electrons. The molecule has 2 bridgehead atoms. The molecule has 0 aromatic heterocycles. The van der Waals surface area contributed by atoms with Crippen molar-refractivity contribution in [2.45, 2.75) is 77.0 Å². The molecule has 3 saturated carbocycles. The number of ether oxygens (including phenoxy) is 1. The van der Waals surface area contributed by atoms with Gasteiger partial charge < -0.3 is 4.74 Å². The Balaban J connectivity index is 1.70. The van der Waals surface area contributed by atoms with Crippen molar-refractivity contribution in [3.05, 3.63) is 35.4 Å². The topological polar surface area (TPSA) is 26.3 Å². The van der Waals surface area contributed by atoms with Crippen molar-refractivity contribution < 1.29 is 9.53 Å². The Kier molecular flexibility index (Phi) is 4.79. The number of rotatable bonds is 6. The first-order chi connectivity index (χ1) is 11.1. The third-order valence-electron chi connectivity index (χ3n) is 6.35. The van der Waals surface area contributed by atoms with Gasteiger partial charge in [0.05, 0.1) is 12.2 Å². The zero-order valence-electron chi connectivity index (χ0n) is 14.7. The summed E-state index contributed by atoms with van der Waals surface area (Å²) in [4.78, 5) is 11.9. The fourth-order valence-electron chi connectivity index (χ4n) is 4.84. The molecule has 1 aromatic rings. The van der Waals surface area contributed by atoms with E-state index in [1.54, 1.807) is 0 Å². The lowest BCUT2D eigenvalue weighted by Gasteiger charge is -2.54. The second-order valence-corrected chi connectivity index (χ2v) is 7.74. The summed E-state index contributed by atoms with van der Waals surface area (Å²) in [6.07, 6.45) is 11.7. The number of carbonyl (C=O) groups excluding carboxylic acids is 1. The highest BCUT2D eigenvalue weighted by atomic mass is 16.5. The molecular formula is C21H30O2. The lowest BCUT2D eigenvalue weighted by atomic mass is 9.51. The van der Waals surface area contributed by atoms with E-state index in [2.05, 4.69) is 19.1 Å². The summed E-state index contributed by atoms with van der Waals surface area (Å²) in [6.45, 7) is 4.84. The number of carbonyl (C=O) groups is 1. The summed E-state index contributed by atoms with van der Waals surface area (Å²) in [6, 6.07) is 8.29. The number of hydrogen-bond acceptors (Lipinski definition) is 2. The largest absolute Gasteiger partial charge is 0.462 e. The van der Waals surface area contributed by atoms with E-state index in [9.17, 15) is 4.79 Å². The maximum atomic E-state index is 11.9. The van der Waals surface area contributed by atoms with E-state index < -0.39 is 0 Å². The summed E-state index contributed by atoms with van der Waals surface area (Å²) < 4.78 is 5.22. The molecule has 0 unspecified atom stereocenters. The Labute approximate surface area is 140 Å². The molecule has 0 saturated heterocycles. The summed E-state index contributed by atoms with van der Waals surface area (Å²) >= 11 is 0. The van der Waals surface area contributed by atoms with Gasteiger partial charge in [0.15, 0.2) is 0 Å². The summed E-state index contributed by atoms with van der Waals surface area (Å²) in [5, 5.41) is 0. The molecule has 2 heteroatoms. The lowest BCUT2D eigenvalue weighted by molar-refractivity contribution is 0.0320. The van der Waals surface area contributed by atoms with Crippen LogP contribution < -0.4 is 0 Å². The average Bonchev–Trinajstić information content (AvgIpc) is 2.61. The van der Waals surface area contributed by atoms with Crippen LogP contribution in [0.4, 0.5) is 0 Å². The standard InChI is InChI=1S/C21H30O2/c1-3-9-20-10-13-21(14-11-20,15-12-20)18-7-5-17(6-8-18)19(22)23-16-4-2/h5-8H,3-4,9-16H2,1-2H3. The predicted octanol–water partition coefficient (Wildman–Crippen LogP) is 5.65. The highest BCUT2D eigenvalue weighted by Crippen LogP contribution is 2.59. The van der Waals surface area contributed by atoms with Crippen LogP contribution in [-0.2, 0) is 10.2 Å². The van der Waals surface area contributed by atoms with Crippen molar-refractivity contribution in [2.24, 2.45) is 5.41 Å². The Bertz CT molecular complexity index is 519. The second kappa shape index (κ2) is 6.67. The summed E-state index contributed by atoms with van der Waals surface area (Å²) in [5.74, 6) is -0.190. The van der Waals surface area contributed by atoms with Crippen molar-refractivity contribution in [2.75, 3.05) is 6.61 Å². The third-order valence-corrected chi connectivity index (χ3v) is 6.35. The Hall–Kier alpha value is -1.31. The van der Waals surface area contributed by atoms with E-state index in [-0.39, 0.29) is 5.97 Å². The van der Waals surface area contributed by atoms with Gasteiger partial charge in [0.2, 0.25) is 0 Å². The van der Waals surface area contributed by atoms with Crippen LogP contribution in [-0.4, -0.2) is 12.6 Å². The molecular weight excluding hydrogens is 284 g/mol. The van der Waals surface area contributed by atoms with Gasteiger partial charge in [-0.15, -0.1) is 0 Å². The zero-order chi connectivity index (χ0) is 16.3. The van der Waals surface area contributed by atoms with Gasteiger partial charge in [-0.1, -0.05) is 32.4 Å². The van der Waals surface area contributed by atoms with Gasteiger partial charge in [-0.2, -0.15) is 0 Å². The molecule has 3 aliphatic carbocycles. The van der Waals surface area contributed by atoms with Crippen LogP contribution in [0.3, 0.4) is 0 Å². The third kappa shape index (κ3) is 3.18. The van der Waals surface area contributed by atoms with Gasteiger partial charge in [0.1, 0.15) is 0 Å². The molecule has 3 fully saturated rings. The first-order valence-electron chi connectivity index (χ1n) is 9.41. The van der Waals surface area contributed by atoms with Crippen molar-refractivity contribution in [1.82, 2.24) is 0 Å². The fraction of sp³-hybridized carbons (Fsp3) is 0.667. The first kappa shape index (κ1) is 16.5. The lowest BCUT2D eigenvalue weighted by Crippen LogP contribution is -2.44. The van der Waals surface area contributed by atoms with E-state index in [1.165, 1.54) is 56.9 Å². The molecule has 0 atom stereocenters. The molecule has 23 heavy (non-hydrogen) atoms. The van der Waals surface area contributed by atoms with E-state index in [0.717, 1.165) is 6.42 Å². The fourth-order valence-corrected chi connectivity index (χ4v) is 4.84. The highest BCUT2D eigenvalue weighted by Gasteiger charge is 2.48. The van der Waals surface area contributed by atoms with Crippen molar-refractivity contribution >= 4 is 5.97 Å². The van der Waals surface area contributed by atoms with Crippen LogP contribution >= 0.6 is 0 Å². The molecule has 1 aromatic carbocycles. The van der Waals surface area contributed by atoms with Gasteiger partial charge in [0, 0.05) is 0 Å². The van der Waals surface area contributed by atoms with Gasteiger partial charge in [-0.25, -0.2) is 4.79 Å². The molecule has 0 spiro atoms. The molecule has 0 radical (unpaired) electrons. The Morgan fingerprint density at radius 1 is 0.957 bits per heavy atom. The Morgan fingerprint density at radius 2 is 1.57 bits per heavy atom. The van der Waals surface area contributed by atoms with E-state index in [4.69, 9.17) is 4.74 Å². The monoisotopic (exact) mass is 314 g/mol. The van der Waals surface area contributed by atoms with Crippen LogP contribution in [0.5, 0.6) is 0 Å². The second-order valence-electron chi connectivity index (χ2n) is 7.74. The number of benzene rings is 1. The predicted molar refractivity (Wildman–Crippen MR) is 93.7 cm³/mol. The van der Waals surface area contributed by atoms with Crippen molar-refractivity contribution in [1.29, 1.82) is 0 Å². The number of hydrogen-bond donors (Lipinski definition) is 0. The molecule has 2 nitrogen and oxygen atoms in total. The summed E-state index contributed by atoms with van der Waals surface area (Å²) in [7, 11) is 0. The minimum atomic E-state index is -0.190. The molecule has 0 amide bonds. The van der Waals surface area contributed by atoms with Crippen LogP contribution in [0.15, 0.2) is 24.3 Å². The minimum Gasteiger partial charge on any atom is -0.462 e. The molecule has 3 aliphatic rings. The first-order valence-corrected chi connectivity index (χ1v) is 9.41. The van der Waals surface area contributed by atoms with E-state index in [0.29, 0.717) is 23.0 Å². The SMILES string of the molecule is CCCOC(=O)c1ccc(C23CCC(CCC)(CC2)CC3)cc1. The Morgan fingerprint density at radius 3 is 2.09 bits per heavy atom. The normalized spacial score (nSPS) is 29.5. The van der Waals surface area contributed by atoms with Crippen molar-refractivity contribution in [3.8, 4) is 0 Å². The number of fused-ring (bicyclic) bond motifs is 3. The van der Waals surface area contributed by atoms with Gasteiger partial charge in [-0.05, 0) is 79.9 Å². The number of esters is 1. The van der Waals surface area contributed by atoms with E-state index >= 15 is 0 Å². The maximum Gasteiger partial charge on any atom is 0.338 e. The molecule has 0 N–H and O–H groups in total. The van der Waals surface area contributed by atoms with Crippen LogP contribution in [0, 0.1) is 5.41 Å². The quantitative estimate of drug-likeness (QED) is 0.635. The smallest absolute Gasteiger partial charge is 0.338 e. The van der Waals surface area contributed by atoms with Gasteiger partial charge in [0.25, 0.3) is 0 Å². The van der Waals surface area contributed by atoms with Crippen LogP contribution in [0.1, 0.15) is 87.6 Å². The molecule has 0 heterocycles. The maximum absolute atomic E-state index is 11.9. The van der Waals surface area contributed by atoms with E-state index in [1.807, 2.05) is 19.1 Å². The van der Waals surface area contributed by atoms with Crippen LogP contribution in [0.25, 0.3) is 0 Å². The van der Waals surface area contributed by atoms with Gasteiger partial charge in [-0.3, -0.25) is 0 Å². The van der Waals surface area contributed by atoms with Gasteiger partial charge >= 0.3 is 5.97 Å².